The maximum Gasteiger partial charge on any atom is 0.371 e. The monoisotopic (exact) mass is 444 g/mol. The van der Waals surface area contributed by atoms with E-state index < -0.39 is 5.97 Å². The Morgan fingerprint density at radius 2 is 1.70 bits per heavy atom. The molecule has 0 spiro atoms. The number of hydrogen-bond acceptors (Lipinski definition) is 3. The number of carboxylic acid groups (broad SMARTS) is 1. The van der Waals surface area contributed by atoms with Gasteiger partial charge in [0.2, 0.25) is 5.76 Å². The third kappa shape index (κ3) is 6.71. The average Bonchev–Trinajstić information content (AvgIpc) is 2.84. The molecule has 170 valence electrons. The zero-order chi connectivity index (χ0) is 23.6. The molecule has 0 radical (unpaired) electrons. The summed E-state index contributed by atoms with van der Waals surface area (Å²) in [6.45, 7) is 2.59. The van der Waals surface area contributed by atoms with Gasteiger partial charge in [-0.05, 0) is 53.8 Å². The number of aliphatic carboxylic acids is 1. The van der Waals surface area contributed by atoms with Crippen LogP contribution >= 0.6 is 0 Å². The van der Waals surface area contributed by atoms with E-state index in [1.54, 1.807) is 18.9 Å². The molecule has 0 atom stereocenters. The Bertz CT molecular complexity index is 1110. The van der Waals surface area contributed by atoms with Crippen LogP contribution in [0.15, 0.2) is 84.6 Å². The number of nitrogens with one attached hydrogen (secondary N) is 1. The first-order valence-electron chi connectivity index (χ1n) is 10.8. The average molecular weight is 445 g/mol. The van der Waals surface area contributed by atoms with Gasteiger partial charge in [-0.25, -0.2) is 9.59 Å². The molecule has 0 aliphatic heterocycles. The van der Waals surface area contributed by atoms with Crippen LogP contribution in [-0.4, -0.2) is 37.3 Å². The summed E-state index contributed by atoms with van der Waals surface area (Å²) >= 11 is 0. The van der Waals surface area contributed by atoms with Crippen molar-refractivity contribution in [2.45, 2.75) is 13.3 Å². The van der Waals surface area contributed by atoms with Gasteiger partial charge in [0.05, 0.1) is 6.61 Å². The molecule has 3 rings (SSSR count). The first-order valence-corrected chi connectivity index (χ1v) is 10.8. The highest BCUT2D eigenvalue weighted by molar-refractivity contribution is 5.92. The van der Waals surface area contributed by atoms with E-state index in [1.807, 2.05) is 78.9 Å². The molecular weight excluding hydrogens is 416 g/mol. The second-order valence-corrected chi connectivity index (χ2v) is 7.45. The van der Waals surface area contributed by atoms with Gasteiger partial charge >= 0.3 is 12.0 Å². The highest BCUT2D eigenvalue weighted by Crippen LogP contribution is 2.25. The molecule has 3 aromatic rings. The highest BCUT2D eigenvalue weighted by Gasteiger charge is 2.12. The molecule has 0 bridgehead atoms. The largest absolute Gasteiger partial charge is 0.487 e. The molecule has 3 aromatic carbocycles. The summed E-state index contributed by atoms with van der Waals surface area (Å²) in [7, 11) is 1.74. The molecule has 0 heterocycles. The van der Waals surface area contributed by atoms with Crippen LogP contribution in [0.2, 0.25) is 0 Å². The minimum absolute atomic E-state index is 0.0906. The lowest BCUT2D eigenvalue weighted by Gasteiger charge is -2.19. The number of rotatable bonds is 9. The number of benzene rings is 3. The van der Waals surface area contributed by atoms with Crippen molar-refractivity contribution in [3.63, 3.8) is 0 Å². The lowest BCUT2D eigenvalue weighted by atomic mass is 10.0. The van der Waals surface area contributed by atoms with Crippen LogP contribution in [0.3, 0.4) is 0 Å². The van der Waals surface area contributed by atoms with Gasteiger partial charge < -0.3 is 15.2 Å². The van der Waals surface area contributed by atoms with Crippen LogP contribution in [0.4, 0.5) is 10.5 Å². The Morgan fingerprint density at radius 3 is 2.36 bits per heavy atom. The van der Waals surface area contributed by atoms with Crippen LogP contribution in [0.5, 0.6) is 0 Å². The minimum atomic E-state index is -1.10. The van der Waals surface area contributed by atoms with E-state index in [4.69, 9.17) is 4.74 Å². The molecule has 0 saturated heterocycles. The van der Waals surface area contributed by atoms with E-state index in [1.165, 1.54) is 11.6 Å². The normalized spacial score (nSPS) is 11.0. The van der Waals surface area contributed by atoms with Crippen molar-refractivity contribution >= 4 is 23.8 Å². The third-order valence-corrected chi connectivity index (χ3v) is 5.12. The molecule has 0 saturated carbocycles. The van der Waals surface area contributed by atoms with Gasteiger partial charge in [0, 0.05) is 19.3 Å². The van der Waals surface area contributed by atoms with E-state index in [0.717, 1.165) is 28.8 Å². The predicted molar refractivity (Wildman–Crippen MR) is 131 cm³/mol. The van der Waals surface area contributed by atoms with Crippen molar-refractivity contribution in [1.29, 1.82) is 0 Å². The Kier molecular flexibility index (Phi) is 8.24. The lowest BCUT2D eigenvalue weighted by Crippen LogP contribution is -2.38. The Hall–Kier alpha value is -4.06. The minimum Gasteiger partial charge on any atom is -0.487 e. The van der Waals surface area contributed by atoms with Crippen LogP contribution in [0.25, 0.3) is 17.2 Å². The van der Waals surface area contributed by atoms with Crippen molar-refractivity contribution in [1.82, 2.24) is 5.32 Å². The zero-order valence-electron chi connectivity index (χ0n) is 18.8. The standard InChI is InChI=1S/C27H28N2O4/c1-3-33-25(26(30)31)18-21-12-14-22(15-13-21)23-10-7-11-24(19-23)29(2)27(32)28-17-16-20-8-5-4-6-9-20/h4-15,18-19H,3,16-17H2,1-2H3,(H,28,32)(H,30,31). The zero-order valence-corrected chi connectivity index (χ0v) is 18.8. The first kappa shape index (κ1) is 23.6. The lowest BCUT2D eigenvalue weighted by molar-refractivity contribution is -0.136. The Morgan fingerprint density at radius 1 is 0.970 bits per heavy atom. The molecule has 6 heteroatoms. The fourth-order valence-electron chi connectivity index (χ4n) is 3.33. The van der Waals surface area contributed by atoms with Crippen molar-refractivity contribution in [3.8, 4) is 11.1 Å². The summed E-state index contributed by atoms with van der Waals surface area (Å²) in [5, 5.41) is 12.2. The fraction of sp³-hybridized carbons (Fsp3) is 0.185. The molecule has 6 nitrogen and oxygen atoms in total. The van der Waals surface area contributed by atoms with Crippen LogP contribution < -0.4 is 10.2 Å². The topological polar surface area (TPSA) is 78.9 Å². The molecule has 2 amide bonds. The maximum atomic E-state index is 12.6. The number of hydrogen-bond donors (Lipinski definition) is 2. The number of amides is 2. The van der Waals surface area contributed by atoms with Gasteiger partial charge in [-0.15, -0.1) is 0 Å². The van der Waals surface area contributed by atoms with Gasteiger partial charge in [-0.1, -0.05) is 66.7 Å². The number of carbonyl (C=O) groups excluding carboxylic acids is 1. The summed E-state index contributed by atoms with van der Waals surface area (Å²) in [6, 6.07) is 25.1. The van der Waals surface area contributed by atoms with E-state index in [9.17, 15) is 14.7 Å². The maximum absolute atomic E-state index is 12.6. The van der Waals surface area contributed by atoms with Crippen molar-refractivity contribution < 1.29 is 19.4 Å². The molecule has 0 fully saturated rings. The van der Waals surface area contributed by atoms with Crippen LogP contribution in [0.1, 0.15) is 18.1 Å². The summed E-state index contributed by atoms with van der Waals surface area (Å²) in [4.78, 5) is 25.4. The predicted octanol–water partition coefficient (Wildman–Crippen LogP) is 5.20. The summed E-state index contributed by atoms with van der Waals surface area (Å²) in [6.07, 6.45) is 2.27. The molecule has 0 aromatic heterocycles. The highest BCUT2D eigenvalue weighted by atomic mass is 16.5. The van der Waals surface area contributed by atoms with Gasteiger partial charge in [0.1, 0.15) is 0 Å². The molecule has 0 aliphatic carbocycles. The van der Waals surface area contributed by atoms with Gasteiger partial charge in [0.25, 0.3) is 0 Å². The Labute approximate surface area is 194 Å². The first-order chi connectivity index (χ1) is 16.0. The van der Waals surface area contributed by atoms with Gasteiger partial charge in [0.15, 0.2) is 0 Å². The summed E-state index contributed by atoms with van der Waals surface area (Å²) < 4.78 is 5.16. The second-order valence-electron chi connectivity index (χ2n) is 7.45. The van der Waals surface area contributed by atoms with Crippen molar-refractivity contribution in [2.24, 2.45) is 0 Å². The van der Waals surface area contributed by atoms with Gasteiger partial charge in [-0.2, -0.15) is 0 Å². The number of urea groups is 1. The van der Waals surface area contributed by atoms with Crippen molar-refractivity contribution in [3.05, 3.63) is 95.7 Å². The third-order valence-electron chi connectivity index (χ3n) is 5.12. The summed E-state index contributed by atoms with van der Waals surface area (Å²) in [5.74, 6) is -1.19. The number of ether oxygens (including phenoxy) is 1. The van der Waals surface area contributed by atoms with E-state index in [-0.39, 0.29) is 18.4 Å². The van der Waals surface area contributed by atoms with Crippen LogP contribution in [0, 0.1) is 0 Å². The summed E-state index contributed by atoms with van der Waals surface area (Å²) in [5.41, 5.74) is 4.60. The van der Waals surface area contributed by atoms with Crippen molar-refractivity contribution in [2.75, 3.05) is 25.1 Å². The molecule has 33 heavy (non-hydrogen) atoms. The van der Waals surface area contributed by atoms with Crippen LogP contribution in [-0.2, 0) is 16.0 Å². The number of carboxylic acids is 1. The second kappa shape index (κ2) is 11.5. The van der Waals surface area contributed by atoms with E-state index in [2.05, 4.69) is 5.32 Å². The smallest absolute Gasteiger partial charge is 0.371 e. The molecule has 0 aliphatic rings. The molecular formula is C27H28N2O4. The fourth-order valence-corrected chi connectivity index (χ4v) is 3.33. The number of carbonyl (C=O) groups is 2. The molecule has 2 N–H and O–H groups in total. The molecule has 0 unspecified atom stereocenters. The van der Waals surface area contributed by atoms with E-state index >= 15 is 0 Å². The van der Waals surface area contributed by atoms with Gasteiger partial charge in [-0.3, -0.25) is 4.90 Å². The quantitative estimate of drug-likeness (QED) is 0.351. The Balaban J connectivity index is 1.66. The number of anilines is 1. The van der Waals surface area contributed by atoms with E-state index in [0.29, 0.717) is 6.54 Å². The number of nitrogens with zero attached hydrogens (tertiary/aromatic N) is 1. The SMILES string of the molecule is CCOC(=Cc1ccc(-c2cccc(N(C)C(=O)NCCc3ccccc3)c2)cc1)C(=O)O.